The van der Waals surface area contributed by atoms with Crippen LogP contribution in [0.1, 0.15) is 40.5 Å². The number of para-hydroxylation sites is 1. The first-order chi connectivity index (χ1) is 12.3. The molecule has 4 aromatic rings. The van der Waals surface area contributed by atoms with Crippen LogP contribution in [0.5, 0.6) is 0 Å². The number of nitrogens with one attached hydrogen (secondary N) is 3. The predicted octanol–water partition coefficient (Wildman–Crippen LogP) is 4.46. The molecule has 1 atom stereocenters. The average Bonchev–Trinajstić information content (AvgIpc) is 3.26. The minimum atomic E-state index is -0.0204. The molecule has 1 aliphatic rings. The number of fused-ring (bicyclic) bond motifs is 4. The SMILES string of the molecule is O=C(N[C@H]1CCCc2c1[nH]c1ccccc21)c1ccc2cc[nH]c2c1. The van der Waals surface area contributed by atoms with Gasteiger partial charge in [-0.15, -0.1) is 0 Å². The summed E-state index contributed by atoms with van der Waals surface area (Å²) in [6, 6.07) is 16.2. The van der Waals surface area contributed by atoms with Crippen molar-refractivity contribution in [2.24, 2.45) is 0 Å². The van der Waals surface area contributed by atoms with Gasteiger partial charge in [0.25, 0.3) is 5.91 Å². The monoisotopic (exact) mass is 329 g/mol. The molecule has 124 valence electrons. The standard InChI is InChI=1S/C21H19N3O/c25-21(14-9-8-13-10-11-22-19(13)12-14)24-18-7-3-5-16-15-4-1-2-6-17(15)23-20(16)18/h1-2,4,6,8-12,18,22-23H,3,5,7H2,(H,24,25)/t18-/m0/s1. The highest BCUT2D eigenvalue weighted by atomic mass is 16.1. The number of carbonyl (C=O) groups is 1. The van der Waals surface area contributed by atoms with E-state index in [1.54, 1.807) is 0 Å². The van der Waals surface area contributed by atoms with Crippen LogP contribution in [0, 0.1) is 0 Å². The zero-order valence-corrected chi connectivity index (χ0v) is 13.8. The number of aromatic nitrogens is 2. The van der Waals surface area contributed by atoms with Gasteiger partial charge in [-0.05, 0) is 54.5 Å². The lowest BCUT2D eigenvalue weighted by molar-refractivity contribution is 0.0932. The molecule has 0 saturated carbocycles. The third-order valence-corrected chi connectivity index (χ3v) is 5.24. The van der Waals surface area contributed by atoms with Gasteiger partial charge in [0.05, 0.1) is 6.04 Å². The molecule has 2 heterocycles. The smallest absolute Gasteiger partial charge is 0.251 e. The lowest BCUT2D eigenvalue weighted by Gasteiger charge is -2.24. The summed E-state index contributed by atoms with van der Waals surface area (Å²) in [4.78, 5) is 19.5. The first-order valence-corrected chi connectivity index (χ1v) is 8.77. The first kappa shape index (κ1) is 14.3. The van der Waals surface area contributed by atoms with Crippen molar-refractivity contribution in [2.75, 3.05) is 0 Å². The molecule has 1 aliphatic carbocycles. The molecule has 0 radical (unpaired) electrons. The maximum Gasteiger partial charge on any atom is 0.251 e. The van der Waals surface area contributed by atoms with E-state index in [-0.39, 0.29) is 11.9 Å². The third kappa shape index (κ3) is 2.33. The topological polar surface area (TPSA) is 60.7 Å². The third-order valence-electron chi connectivity index (χ3n) is 5.24. The maximum atomic E-state index is 12.8. The van der Waals surface area contributed by atoms with Gasteiger partial charge in [-0.1, -0.05) is 24.3 Å². The Balaban J connectivity index is 1.47. The molecular formula is C21H19N3O. The van der Waals surface area contributed by atoms with Crippen molar-refractivity contribution in [3.8, 4) is 0 Å². The lowest BCUT2D eigenvalue weighted by Crippen LogP contribution is -2.31. The second-order valence-electron chi connectivity index (χ2n) is 6.76. The number of hydrogen-bond acceptors (Lipinski definition) is 1. The number of hydrogen-bond donors (Lipinski definition) is 3. The summed E-state index contributed by atoms with van der Waals surface area (Å²) in [5, 5.41) is 5.62. The normalized spacial score (nSPS) is 16.9. The zero-order valence-electron chi connectivity index (χ0n) is 13.8. The van der Waals surface area contributed by atoms with Crippen molar-refractivity contribution >= 4 is 27.7 Å². The minimum Gasteiger partial charge on any atom is -0.361 e. The Kier molecular flexibility index (Phi) is 3.17. The fourth-order valence-electron chi connectivity index (χ4n) is 3.99. The molecule has 0 unspecified atom stereocenters. The number of aromatic amines is 2. The van der Waals surface area contributed by atoms with Gasteiger partial charge < -0.3 is 15.3 Å². The average molecular weight is 329 g/mol. The Morgan fingerprint density at radius 3 is 2.96 bits per heavy atom. The van der Waals surface area contributed by atoms with Crippen molar-refractivity contribution < 1.29 is 4.79 Å². The second-order valence-corrected chi connectivity index (χ2v) is 6.76. The van der Waals surface area contributed by atoms with Gasteiger partial charge in [-0.2, -0.15) is 0 Å². The van der Waals surface area contributed by atoms with Crippen LogP contribution < -0.4 is 5.32 Å². The summed E-state index contributed by atoms with van der Waals surface area (Å²) < 4.78 is 0. The van der Waals surface area contributed by atoms with Crippen LogP contribution in [0.2, 0.25) is 0 Å². The van der Waals surface area contributed by atoms with E-state index < -0.39 is 0 Å². The molecule has 0 fully saturated rings. The molecule has 1 amide bonds. The zero-order chi connectivity index (χ0) is 16.8. The number of benzene rings is 2. The molecule has 3 N–H and O–H groups in total. The highest BCUT2D eigenvalue weighted by Gasteiger charge is 2.25. The van der Waals surface area contributed by atoms with Gasteiger partial charge in [0, 0.05) is 33.9 Å². The number of aryl methyl sites for hydroxylation is 1. The summed E-state index contributed by atoms with van der Waals surface area (Å²) in [5.41, 5.74) is 5.36. The fraction of sp³-hybridized carbons (Fsp3) is 0.190. The van der Waals surface area contributed by atoms with Crippen LogP contribution in [0.25, 0.3) is 21.8 Å². The largest absolute Gasteiger partial charge is 0.361 e. The van der Waals surface area contributed by atoms with E-state index in [2.05, 4.69) is 33.5 Å². The van der Waals surface area contributed by atoms with Crippen molar-refractivity contribution in [1.82, 2.24) is 15.3 Å². The fourth-order valence-corrected chi connectivity index (χ4v) is 3.99. The molecule has 2 aromatic carbocycles. The van der Waals surface area contributed by atoms with E-state index in [1.807, 2.05) is 36.5 Å². The second kappa shape index (κ2) is 5.52. The van der Waals surface area contributed by atoms with Crippen molar-refractivity contribution in [3.63, 3.8) is 0 Å². The van der Waals surface area contributed by atoms with Crippen molar-refractivity contribution in [3.05, 3.63) is 71.5 Å². The molecule has 2 aromatic heterocycles. The quantitative estimate of drug-likeness (QED) is 0.500. The predicted molar refractivity (Wildman–Crippen MR) is 99.7 cm³/mol. The van der Waals surface area contributed by atoms with E-state index in [9.17, 15) is 4.79 Å². The molecule has 4 heteroatoms. The van der Waals surface area contributed by atoms with Crippen molar-refractivity contribution in [2.45, 2.75) is 25.3 Å². The number of H-pyrrole nitrogens is 2. The highest BCUT2D eigenvalue weighted by molar-refractivity contribution is 5.98. The Morgan fingerprint density at radius 1 is 1.08 bits per heavy atom. The lowest BCUT2D eigenvalue weighted by atomic mass is 9.91. The number of amides is 1. The Morgan fingerprint density at radius 2 is 2.00 bits per heavy atom. The summed E-state index contributed by atoms with van der Waals surface area (Å²) in [6.45, 7) is 0. The molecule has 25 heavy (non-hydrogen) atoms. The van der Waals surface area contributed by atoms with Crippen LogP contribution in [0.3, 0.4) is 0 Å². The summed E-state index contributed by atoms with van der Waals surface area (Å²) in [5.74, 6) is -0.0204. The van der Waals surface area contributed by atoms with Crippen LogP contribution in [0.4, 0.5) is 0 Å². The molecular weight excluding hydrogens is 310 g/mol. The molecule has 0 spiro atoms. The maximum absolute atomic E-state index is 12.8. The van der Waals surface area contributed by atoms with Gasteiger partial charge in [-0.25, -0.2) is 0 Å². The van der Waals surface area contributed by atoms with Crippen LogP contribution in [-0.2, 0) is 6.42 Å². The van der Waals surface area contributed by atoms with Crippen LogP contribution >= 0.6 is 0 Å². The van der Waals surface area contributed by atoms with E-state index in [1.165, 1.54) is 16.6 Å². The van der Waals surface area contributed by atoms with Crippen LogP contribution in [0.15, 0.2) is 54.7 Å². The Hall–Kier alpha value is -3.01. The summed E-state index contributed by atoms with van der Waals surface area (Å²) >= 11 is 0. The van der Waals surface area contributed by atoms with Gasteiger partial charge in [0.2, 0.25) is 0 Å². The molecule has 5 rings (SSSR count). The molecule has 0 bridgehead atoms. The molecule has 0 aliphatic heterocycles. The van der Waals surface area contributed by atoms with Gasteiger partial charge in [0.15, 0.2) is 0 Å². The highest BCUT2D eigenvalue weighted by Crippen LogP contribution is 2.34. The Labute approximate surface area is 145 Å². The van der Waals surface area contributed by atoms with Gasteiger partial charge in [0.1, 0.15) is 0 Å². The minimum absolute atomic E-state index is 0.0204. The Bertz CT molecular complexity index is 1090. The van der Waals surface area contributed by atoms with E-state index >= 15 is 0 Å². The van der Waals surface area contributed by atoms with Crippen LogP contribution in [-0.4, -0.2) is 15.9 Å². The summed E-state index contributed by atoms with van der Waals surface area (Å²) in [6.07, 6.45) is 5.02. The van der Waals surface area contributed by atoms with E-state index in [0.717, 1.165) is 35.7 Å². The molecule has 4 nitrogen and oxygen atoms in total. The molecule has 0 saturated heterocycles. The first-order valence-electron chi connectivity index (χ1n) is 8.77. The number of rotatable bonds is 2. The van der Waals surface area contributed by atoms with E-state index in [4.69, 9.17) is 0 Å². The van der Waals surface area contributed by atoms with E-state index in [0.29, 0.717) is 5.56 Å². The summed E-state index contributed by atoms with van der Waals surface area (Å²) in [7, 11) is 0. The van der Waals surface area contributed by atoms with Crippen molar-refractivity contribution in [1.29, 1.82) is 0 Å². The van der Waals surface area contributed by atoms with Gasteiger partial charge in [-0.3, -0.25) is 4.79 Å². The number of carbonyl (C=O) groups excluding carboxylic acids is 1. The van der Waals surface area contributed by atoms with Gasteiger partial charge >= 0.3 is 0 Å².